The molecule has 1 rings (SSSR count). The van der Waals surface area contributed by atoms with Gasteiger partial charge in [-0.1, -0.05) is 24.6 Å². The largest absolute Gasteiger partial charge is 0.325 e. The van der Waals surface area contributed by atoms with Crippen molar-refractivity contribution in [3.63, 3.8) is 0 Å². The van der Waals surface area contributed by atoms with E-state index in [1.54, 1.807) is 0 Å². The van der Waals surface area contributed by atoms with E-state index in [2.05, 4.69) is 17.9 Å². The summed E-state index contributed by atoms with van der Waals surface area (Å²) in [5.41, 5.74) is 2.01. The molecule has 0 saturated carbocycles. The van der Waals surface area contributed by atoms with Gasteiger partial charge in [-0.25, -0.2) is 0 Å². The molecule has 1 N–H and O–H groups in total. The standard InChI is InChI=1S/C11H15NOS/c1-3-10(14)11(13)12-9-6-4-8(2)5-7-9/h4-7,10,14H,3H2,1-2H3,(H,12,13). The summed E-state index contributed by atoms with van der Waals surface area (Å²) in [6.45, 7) is 3.95. The third kappa shape index (κ3) is 3.07. The molecule has 0 saturated heterocycles. The lowest BCUT2D eigenvalue weighted by Gasteiger charge is -2.09. The zero-order chi connectivity index (χ0) is 10.6. The van der Waals surface area contributed by atoms with Crippen molar-refractivity contribution in [2.45, 2.75) is 25.5 Å². The molecule has 0 heterocycles. The van der Waals surface area contributed by atoms with Crippen LogP contribution in [0.3, 0.4) is 0 Å². The average molecular weight is 209 g/mol. The molecular formula is C11H15NOS. The first-order valence-corrected chi connectivity index (χ1v) is 5.20. The summed E-state index contributed by atoms with van der Waals surface area (Å²) in [5, 5.41) is 2.58. The van der Waals surface area contributed by atoms with Gasteiger partial charge in [0.2, 0.25) is 5.91 Å². The van der Waals surface area contributed by atoms with Crippen molar-refractivity contribution in [3.8, 4) is 0 Å². The summed E-state index contributed by atoms with van der Waals surface area (Å²) in [4.78, 5) is 11.4. The van der Waals surface area contributed by atoms with Gasteiger partial charge in [-0.15, -0.1) is 0 Å². The molecule has 1 amide bonds. The number of benzene rings is 1. The summed E-state index contributed by atoms with van der Waals surface area (Å²) < 4.78 is 0. The molecule has 76 valence electrons. The number of amides is 1. The van der Waals surface area contributed by atoms with Crippen LogP contribution in [-0.2, 0) is 4.79 Å². The normalized spacial score (nSPS) is 12.2. The van der Waals surface area contributed by atoms with Gasteiger partial charge in [-0.05, 0) is 25.5 Å². The fourth-order valence-electron chi connectivity index (χ4n) is 1.05. The Labute approximate surface area is 90.1 Å². The van der Waals surface area contributed by atoms with Gasteiger partial charge in [-0.2, -0.15) is 12.6 Å². The molecule has 0 aliphatic carbocycles. The number of nitrogens with one attached hydrogen (secondary N) is 1. The Morgan fingerprint density at radius 1 is 1.43 bits per heavy atom. The van der Waals surface area contributed by atoms with Crippen LogP contribution in [0.25, 0.3) is 0 Å². The molecule has 2 nitrogen and oxygen atoms in total. The second-order valence-corrected chi connectivity index (χ2v) is 3.90. The van der Waals surface area contributed by atoms with E-state index in [1.807, 2.05) is 38.1 Å². The quantitative estimate of drug-likeness (QED) is 0.736. The molecule has 0 aromatic heterocycles. The number of hydrogen-bond donors (Lipinski definition) is 2. The number of anilines is 1. The van der Waals surface area contributed by atoms with Crippen LogP contribution in [0.4, 0.5) is 5.69 Å². The highest BCUT2D eigenvalue weighted by Crippen LogP contribution is 2.10. The Hall–Kier alpha value is -0.960. The number of rotatable bonds is 3. The second kappa shape index (κ2) is 5.05. The minimum Gasteiger partial charge on any atom is -0.325 e. The Balaban J connectivity index is 2.60. The lowest BCUT2D eigenvalue weighted by molar-refractivity contribution is -0.115. The molecule has 1 aromatic carbocycles. The van der Waals surface area contributed by atoms with Crippen LogP contribution >= 0.6 is 12.6 Å². The first kappa shape index (κ1) is 11.1. The van der Waals surface area contributed by atoms with Crippen LogP contribution in [0, 0.1) is 6.92 Å². The number of carbonyl (C=O) groups excluding carboxylic acids is 1. The Kier molecular flexibility index (Phi) is 4.01. The van der Waals surface area contributed by atoms with Crippen LogP contribution < -0.4 is 5.32 Å². The van der Waals surface area contributed by atoms with E-state index in [-0.39, 0.29) is 11.2 Å². The van der Waals surface area contributed by atoms with E-state index in [9.17, 15) is 4.79 Å². The van der Waals surface area contributed by atoms with Crippen LogP contribution in [0.2, 0.25) is 0 Å². The maximum Gasteiger partial charge on any atom is 0.237 e. The van der Waals surface area contributed by atoms with E-state index in [1.165, 1.54) is 5.56 Å². The summed E-state index contributed by atoms with van der Waals surface area (Å²) >= 11 is 4.16. The van der Waals surface area contributed by atoms with Gasteiger partial charge in [0.1, 0.15) is 0 Å². The Bertz CT molecular complexity index is 308. The number of thiol groups is 1. The third-order valence-electron chi connectivity index (χ3n) is 2.01. The molecule has 0 radical (unpaired) electrons. The smallest absolute Gasteiger partial charge is 0.237 e. The van der Waals surface area contributed by atoms with Gasteiger partial charge in [0.25, 0.3) is 0 Å². The summed E-state index contributed by atoms with van der Waals surface area (Å²) in [5.74, 6) is -0.0420. The topological polar surface area (TPSA) is 29.1 Å². The van der Waals surface area contributed by atoms with Crippen molar-refractivity contribution in [1.29, 1.82) is 0 Å². The second-order valence-electron chi connectivity index (χ2n) is 3.28. The predicted molar refractivity (Wildman–Crippen MR) is 62.9 cm³/mol. The maximum atomic E-state index is 11.4. The van der Waals surface area contributed by atoms with Crippen LogP contribution in [0.1, 0.15) is 18.9 Å². The third-order valence-corrected chi connectivity index (χ3v) is 2.61. The average Bonchev–Trinajstić information content (AvgIpc) is 2.20. The fourth-order valence-corrected chi connectivity index (χ4v) is 1.11. The number of aryl methyl sites for hydroxylation is 1. The van der Waals surface area contributed by atoms with E-state index >= 15 is 0 Å². The highest BCUT2D eigenvalue weighted by atomic mass is 32.1. The molecule has 0 aliphatic heterocycles. The lowest BCUT2D eigenvalue weighted by Crippen LogP contribution is -2.22. The number of carbonyl (C=O) groups is 1. The number of hydrogen-bond acceptors (Lipinski definition) is 2. The molecule has 14 heavy (non-hydrogen) atoms. The Morgan fingerprint density at radius 3 is 2.50 bits per heavy atom. The molecular weight excluding hydrogens is 194 g/mol. The first-order valence-electron chi connectivity index (χ1n) is 4.69. The lowest BCUT2D eigenvalue weighted by atomic mass is 10.2. The van der Waals surface area contributed by atoms with Crippen molar-refractivity contribution in [2.24, 2.45) is 0 Å². The van der Waals surface area contributed by atoms with Crippen molar-refractivity contribution in [3.05, 3.63) is 29.8 Å². The van der Waals surface area contributed by atoms with Gasteiger partial charge < -0.3 is 5.32 Å². The molecule has 3 heteroatoms. The minimum atomic E-state index is -0.226. The van der Waals surface area contributed by atoms with E-state index in [4.69, 9.17) is 0 Å². The van der Waals surface area contributed by atoms with E-state index in [0.717, 1.165) is 12.1 Å². The van der Waals surface area contributed by atoms with E-state index < -0.39 is 0 Å². The van der Waals surface area contributed by atoms with Crippen molar-refractivity contribution in [1.82, 2.24) is 0 Å². The van der Waals surface area contributed by atoms with E-state index in [0.29, 0.717) is 0 Å². The summed E-state index contributed by atoms with van der Waals surface area (Å²) in [7, 11) is 0. The van der Waals surface area contributed by atoms with Gasteiger partial charge in [0.05, 0.1) is 5.25 Å². The van der Waals surface area contributed by atoms with Gasteiger partial charge in [0.15, 0.2) is 0 Å². The molecule has 0 spiro atoms. The maximum absolute atomic E-state index is 11.4. The van der Waals surface area contributed by atoms with Gasteiger partial charge in [-0.3, -0.25) is 4.79 Å². The zero-order valence-corrected chi connectivity index (χ0v) is 9.34. The van der Waals surface area contributed by atoms with Crippen LogP contribution in [-0.4, -0.2) is 11.2 Å². The van der Waals surface area contributed by atoms with Crippen molar-refractivity contribution < 1.29 is 4.79 Å². The highest BCUT2D eigenvalue weighted by molar-refractivity contribution is 7.81. The molecule has 0 aliphatic rings. The van der Waals surface area contributed by atoms with Gasteiger partial charge >= 0.3 is 0 Å². The van der Waals surface area contributed by atoms with Crippen molar-refractivity contribution in [2.75, 3.05) is 5.32 Å². The predicted octanol–water partition coefficient (Wildman–Crippen LogP) is 2.64. The Morgan fingerprint density at radius 2 is 2.00 bits per heavy atom. The monoisotopic (exact) mass is 209 g/mol. The molecule has 0 bridgehead atoms. The van der Waals surface area contributed by atoms with Gasteiger partial charge in [0, 0.05) is 5.69 Å². The van der Waals surface area contributed by atoms with Crippen LogP contribution in [0.5, 0.6) is 0 Å². The van der Waals surface area contributed by atoms with Crippen molar-refractivity contribution >= 4 is 24.2 Å². The first-order chi connectivity index (χ1) is 6.63. The summed E-state index contributed by atoms with van der Waals surface area (Å²) in [6.07, 6.45) is 0.737. The van der Waals surface area contributed by atoms with Crippen LogP contribution in [0.15, 0.2) is 24.3 Å². The molecule has 1 atom stereocenters. The highest BCUT2D eigenvalue weighted by Gasteiger charge is 2.10. The SMILES string of the molecule is CCC(S)C(=O)Nc1ccc(C)cc1. The minimum absolute atomic E-state index is 0.0420. The molecule has 0 fully saturated rings. The zero-order valence-electron chi connectivity index (χ0n) is 8.45. The summed E-state index contributed by atoms with van der Waals surface area (Å²) in [6, 6.07) is 7.72. The molecule has 1 aromatic rings. The fraction of sp³-hybridized carbons (Fsp3) is 0.364. The molecule has 1 unspecified atom stereocenters.